The molecule has 0 spiro atoms. The summed E-state index contributed by atoms with van der Waals surface area (Å²) in [6.07, 6.45) is 4.33. The van der Waals surface area contributed by atoms with Crippen LogP contribution in [0.15, 0.2) is 18.2 Å². The Morgan fingerprint density at radius 1 is 1.16 bits per heavy atom. The maximum Gasteiger partial charge on any atom is 0.256 e. The minimum absolute atomic E-state index is 0.0125. The zero-order valence-corrected chi connectivity index (χ0v) is 15.5. The number of likely N-dealkylation sites (tertiary alicyclic amines) is 2. The number of carbonyl (C=O) groups is 2. The fraction of sp³-hybridized carbons (Fsp3) is 0.579. The van der Waals surface area contributed by atoms with Crippen molar-refractivity contribution in [2.45, 2.75) is 32.6 Å². The van der Waals surface area contributed by atoms with E-state index >= 15 is 0 Å². The minimum atomic E-state index is -0.0125. The molecular weight excluding hydrogens is 338 g/mol. The summed E-state index contributed by atoms with van der Waals surface area (Å²) in [6, 6.07) is 5.23. The molecule has 25 heavy (non-hydrogen) atoms. The molecule has 1 N–H and O–H groups in total. The van der Waals surface area contributed by atoms with Crippen molar-refractivity contribution in [1.29, 1.82) is 0 Å². The maximum absolute atomic E-state index is 12.7. The van der Waals surface area contributed by atoms with Gasteiger partial charge in [0.2, 0.25) is 5.91 Å². The van der Waals surface area contributed by atoms with E-state index < -0.39 is 0 Å². The van der Waals surface area contributed by atoms with Gasteiger partial charge in [0, 0.05) is 36.9 Å². The predicted molar refractivity (Wildman–Crippen MR) is 100 cm³/mol. The Morgan fingerprint density at radius 2 is 1.88 bits per heavy atom. The number of hydrogen-bond acceptors (Lipinski definition) is 3. The number of carbonyl (C=O) groups excluding carboxylic acids is 2. The van der Waals surface area contributed by atoms with Crippen molar-refractivity contribution in [1.82, 2.24) is 9.80 Å². The summed E-state index contributed by atoms with van der Waals surface area (Å²) < 4.78 is 0. The number of rotatable bonds is 4. The molecule has 2 heterocycles. The molecule has 0 unspecified atom stereocenters. The van der Waals surface area contributed by atoms with Gasteiger partial charge in [-0.25, -0.2) is 0 Å². The van der Waals surface area contributed by atoms with E-state index in [4.69, 9.17) is 11.6 Å². The number of nitrogens with zero attached hydrogens (tertiary/aromatic N) is 2. The Morgan fingerprint density at radius 3 is 2.60 bits per heavy atom. The molecule has 1 aromatic carbocycles. The van der Waals surface area contributed by atoms with Crippen molar-refractivity contribution >= 4 is 29.1 Å². The number of benzene rings is 1. The maximum atomic E-state index is 12.7. The summed E-state index contributed by atoms with van der Waals surface area (Å²) >= 11 is 6.09. The Labute approximate surface area is 154 Å². The first kappa shape index (κ1) is 18.1. The molecule has 0 bridgehead atoms. The Bertz CT molecular complexity index is 644. The number of amides is 2. The lowest BCUT2D eigenvalue weighted by Gasteiger charge is -2.31. The standard InChI is InChI=1S/C19H26ClN3O2/c1-14-5-4-10-23(13-14)18(24)12-21-17-7-6-15(20)11-16(17)19(25)22-8-2-3-9-22/h6-7,11,14,21H,2-5,8-10,12-13H2,1H3/t14-/m0/s1. The third kappa shape index (κ3) is 4.46. The van der Waals surface area contributed by atoms with E-state index in [1.54, 1.807) is 18.2 Å². The van der Waals surface area contributed by atoms with E-state index in [1.807, 2.05) is 9.80 Å². The molecule has 2 aliphatic heterocycles. The van der Waals surface area contributed by atoms with Crippen molar-refractivity contribution in [3.63, 3.8) is 0 Å². The van der Waals surface area contributed by atoms with Gasteiger partial charge in [-0.2, -0.15) is 0 Å². The second-order valence-corrected chi connectivity index (χ2v) is 7.57. The van der Waals surface area contributed by atoms with Gasteiger partial charge in [-0.15, -0.1) is 0 Å². The van der Waals surface area contributed by atoms with Gasteiger partial charge in [0.05, 0.1) is 12.1 Å². The lowest BCUT2D eigenvalue weighted by molar-refractivity contribution is -0.130. The van der Waals surface area contributed by atoms with Crippen LogP contribution in [0.5, 0.6) is 0 Å². The van der Waals surface area contributed by atoms with Crippen LogP contribution in [0.1, 0.15) is 43.0 Å². The van der Waals surface area contributed by atoms with Gasteiger partial charge in [0.25, 0.3) is 5.91 Å². The number of piperidine rings is 1. The zero-order chi connectivity index (χ0) is 17.8. The third-order valence-corrected chi connectivity index (χ3v) is 5.28. The SMILES string of the molecule is C[C@H]1CCCN(C(=O)CNc2ccc(Cl)cc2C(=O)N2CCCC2)C1. The van der Waals surface area contributed by atoms with Crippen LogP contribution >= 0.6 is 11.6 Å². The molecule has 0 aromatic heterocycles. The van der Waals surface area contributed by atoms with Crippen LogP contribution in [0.4, 0.5) is 5.69 Å². The van der Waals surface area contributed by atoms with Crippen LogP contribution in [-0.2, 0) is 4.79 Å². The molecule has 136 valence electrons. The van der Waals surface area contributed by atoms with Gasteiger partial charge in [-0.05, 0) is 49.8 Å². The molecule has 1 aromatic rings. The molecule has 1 atom stereocenters. The third-order valence-electron chi connectivity index (χ3n) is 5.05. The van der Waals surface area contributed by atoms with E-state index in [9.17, 15) is 9.59 Å². The zero-order valence-electron chi connectivity index (χ0n) is 14.8. The van der Waals surface area contributed by atoms with Crippen LogP contribution < -0.4 is 5.32 Å². The molecule has 2 saturated heterocycles. The normalized spacial score (nSPS) is 20.6. The quantitative estimate of drug-likeness (QED) is 0.893. The summed E-state index contributed by atoms with van der Waals surface area (Å²) in [7, 11) is 0. The molecule has 2 fully saturated rings. The van der Waals surface area contributed by atoms with Crippen molar-refractivity contribution in [3.8, 4) is 0 Å². The lowest BCUT2D eigenvalue weighted by atomic mass is 10.0. The summed E-state index contributed by atoms with van der Waals surface area (Å²) in [4.78, 5) is 29.0. The van der Waals surface area contributed by atoms with Gasteiger partial charge >= 0.3 is 0 Å². The predicted octanol–water partition coefficient (Wildman–Crippen LogP) is 3.25. The fourth-order valence-corrected chi connectivity index (χ4v) is 3.81. The second kappa shape index (κ2) is 8.09. The number of anilines is 1. The van der Waals surface area contributed by atoms with Crippen molar-refractivity contribution in [3.05, 3.63) is 28.8 Å². The van der Waals surface area contributed by atoms with E-state index in [0.29, 0.717) is 22.2 Å². The highest BCUT2D eigenvalue weighted by Gasteiger charge is 2.24. The van der Waals surface area contributed by atoms with E-state index in [1.165, 1.54) is 6.42 Å². The first-order valence-corrected chi connectivity index (χ1v) is 9.53. The average Bonchev–Trinajstić information content (AvgIpc) is 3.14. The van der Waals surface area contributed by atoms with E-state index in [-0.39, 0.29) is 18.4 Å². The van der Waals surface area contributed by atoms with Crippen LogP contribution in [0.3, 0.4) is 0 Å². The Hall–Kier alpha value is -1.75. The van der Waals surface area contributed by atoms with E-state index in [0.717, 1.165) is 45.4 Å². The highest BCUT2D eigenvalue weighted by atomic mass is 35.5. The van der Waals surface area contributed by atoms with Gasteiger partial charge in [0.1, 0.15) is 0 Å². The average molecular weight is 364 g/mol. The van der Waals surface area contributed by atoms with Gasteiger partial charge in [-0.1, -0.05) is 18.5 Å². The first-order chi connectivity index (χ1) is 12.0. The van der Waals surface area contributed by atoms with Crippen LogP contribution in [0.25, 0.3) is 0 Å². The van der Waals surface area contributed by atoms with Crippen LogP contribution in [-0.4, -0.2) is 54.3 Å². The van der Waals surface area contributed by atoms with Crippen molar-refractivity contribution in [2.24, 2.45) is 5.92 Å². The van der Waals surface area contributed by atoms with Crippen molar-refractivity contribution < 1.29 is 9.59 Å². The molecule has 0 radical (unpaired) electrons. The van der Waals surface area contributed by atoms with E-state index in [2.05, 4.69) is 12.2 Å². The lowest BCUT2D eigenvalue weighted by Crippen LogP contribution is -2.42. The van der Waals surface area contributed by atoms with Gasteiger partial charge in [-0.3, -0.25) is 9.59 Å². The highest BCUT2D eigenvalue weighted by Crippen LogP contribution is 2.24. The molecule has 0 saturated carbocycles. The summed E-state index contributed by atoms with van der Waals surface area (Å²) in [5.41, 5.74) is 1.23. The summed E-state index contributed by atoms with van der Waals surface area (Å²) in [5, 5.41) is 3.69. The molecule has 2 amide bonds. The van der Waals surface area contributed by atoms with Gasteiger partial charge in [0.15, 0.2) is 0 Å². The summed E-state index contributed by atoms with van der Waals surface area (Å²) in [6.45, 7) is 5.60. The molecule has 0 aliphatic carbocycles. The Kier molecular flexibility index (Phi) is 5.84. The number of hydrogen-bond donors (Lipinski definition) is 1. The van der Waals surface area contributed by atoms with Gasteiger partial charge < -0.3 is 15.1 Å². The van der Waals surface area contributed by atoms with Crippen molar-refractivity contribution in [2.75, 3.05) is 38.0 Å². The molecule has 3 rings (SSSR count). The smallest absolute Gasteiger partial charge is 0.256 e. The number of halogens is 1. The first-order valence-electron chi connectivity index (χ1n) is 9.15. The van der Waals surface area contributed by atoms with Crippen LogP contribution in [0, 0.1) is 5.92 Å². The molecular formula is C19H26ClN3O2. The molecule has 5 nitrogen and oxygen atoms in total. The largest absolute Gasteiger partial charge is 0.376 e. The molecule has 2 aliphatic rings. The van der Waals surface area contributed by atoms with Crippen LogP contribution in [0.2, 0.25) is 5.02 Å². The fourth-order valence-electron chi connectivity index (χ4n) is 3.64. The highest BCUT2D eigenvalue weighted by molar-refractivity contribution is 6.31. The molecule has 6 heteroatoms. The summed E-state index contributed by atoms with van der Waals surface area (Å²) in [5.74, 6) is 0.628. The Balaban J connectivity index is 1.67. The second-order valence-electron chi connectivity index (χ2n) is 7.13. The monoisotopic (exact) mass is 363 g/mol. The number of nitrogens with one attached hydrogen (secondary N) is 1. The minimum Gasteiger partial charge on any atom is -0.376 e. The topological polar surface area (TPSA) is 52.7 Å².